The summed E-state index contributed by atoms with van der Waals surface area (Å²) >= 11 is 0. The van der Waals surface area contributed by atoms with Crippen molar-refractivity contribution in [3.05, 3.63) is 77.9 Å². The molecule has 0 atom stereocenters. The molecule has 0 unspecified atom stereocenters. The molecule has 8 nitrogen and oxygen atoms in total. The molecular formula is C23H21N3O5. The Morgan fingerprint density at radius 2 is 1.45 bits per heavy atom. The van der Waals surface area contributed by atoms with Gasteiger partial charge in [0.25, 0.3) is 17.6 Å². The minimum absolute atomic E-state index is 0.0674. The van der Waals surface area contributed by atoms with Crippen molar-refractivity contribution in [3.63, 3.8) is 0 Å². The molecule has 31 heavy (non-hydrogen) atoms. The maximum Gasteiger partial charge on any atom is 0.404 e. The SMILES string of the molecule is O=C(O)NCCCNC(=O)C(=O)c1ccccc1NC(=O)c1ccc2ccccc2c1. The van der Waals surface area contributed by atoms with E-state index in [0.29, 0.717) is 12.0 Å². The average Bonchev–Trinajstić information content (AvgIpc) is 2.78. The number of Topliss-reactive ketones (excluding diaryl/α,β-unsaturated/α-hetero) is 1. The summed E-state index contributed by atoms with van der Waals surface area (Å²) in [5, 5.41) is 17.8. The average molecular weight is 419 g/mol. The van der Waals surface area contributed by atoms with Gasteiger partial charge in [-0.3, -0.25) is 14.4 Å². The number of amides is 3. The standard InChI is InChI=1S/C23H21N3O5/c27-20(22(29)24-12-5-13-25-23(30)31)18-8-3-4-9-19(18)26-21(28)17-11-10-15-6-1-2-7-16(15)14-17/h1-4,6-11,14,25H,5,12-13H2,(H,24,29)(H,26,28)(H,30,31). The number of para-hydroxylation sites is 1. The summed E-state index contributed by atoms with van der Waals surface area (Å²) in [6.45, 7) is 0.290. The Hall–Kier alpha value is -4.20. The van der Waals surface area contributed by atoms with Crippen LogP contribution in [0.4, 0.5) is 10.5 Å². The van der Waals surface area contributed by atoms with Crippen LogP contribution in [0.15, 0.2) is 66.7 Å². The van der Waals surface area contributed by atoms with Crippen molar-refractivity contribution in [1.82, 2.24) is 10.6 Å². The molecule has 0 aliphatic heterocycles. The quantitative estimate of drug-likeness (QED) is 0.254. The van der Waals surface area contributed by atoms with Crippen LogP contribution < -0.4 is 16.0 Å². The molecule has 0 aliphatic carbocycles. The minimum atomic E-state index is -1.15. The zero-order valence-corrected chi connectivity index (χ0v) is 16.6. The van der Waals surface area contributed by atoms with Crippen molar-refractivity contribution in [2.45, 2.75) is 6.42 Å². The normalized spacial score (nSPS) is 10.3. The highest BCUT2D eigenvalue weighted by atomic mass is 16.4. The number of hydrogen-bond acceptors (Lipinski definition) is 4. The highest BCUT2D eigenvalue weighted by Gasteiger charge is 2.20. The highest BCUT2D eigenvalue weighted by molar-refractivity contribution is 6.44. The number of hydrogen-bond donors (Lipinski definition) is 4. The smallest absolute Gasteiger partial charge is 0.404 e. The van der Waals surface area contributed by atoms with Crippen molar-refractivity contribution in [2.75, 3.05) is 18.4 Å². The van der Waals surface area contributed by atoms with E-state index in [1.165, 1.54) is 6.07 Å². The fourth-order valence-corrected chi connectivity index (χ4v) is 3.00. The van der Waals surface area contributed by atoms with Gasteiger partial charge in [0.05, 0.1) is 11.3 Å². The second kappa shape index (κ2) is 10.0. The summed E-state index contributed by atoms with van der Waals surface area (Å²) in [5.74, 6) is -2.02. The fraction of sp³-hybridized carbons (Fsp3) is 0.130. The second-order valence-electron chi connectivity index (χ2n) is 6.73. The topological polar surface area (TPSA) is 125 Å². The molecule has 3 aromatic carbocycles. The lowest BCUT2D eigenvalue weighted by atomic mass is 10.1. The van der Waals surface area contributed by atoms with Crippen molar-refractivity contribution in [1.29, 1.82) is 0 Å². The van der Waals surface area contributed by atoms with Gasteiger partial charge in [0.1, 0.15) is 0 Å². The van der Waals surface area contributed by atoms with Crippen LogP contribution in [0.25, 0.3) is 10.8 Å². The molecule has 0 heterocycles. The Morgan fingerprint density at radius 3 is 2.23 bits per heavy atom. The van der Waals surface area contributed by atoms with Gasteiger partial charge in [0.2, 0.25) is 0 Å². The number of carbonyl (C=O) groups is 4. The maximum atomic E-state index is 12.7. The molecule has 0 fully saturated rings. The molecule has 3 aromatic rings. The van der Waals surface area contributed by atoms with E-state index in [4.69, 9.17) is 5.11 Å². The first-order valence-corrected chi connectivity index (χ1v) is 9.64. The lowest BCUT2D eigenvalue weighted by Gasteiger charge is -2.11. The minimum Gasteiger partial charge on any atom is -0.465 e. The Kier molecular flexibility index (Phi) is 6.95. The molecule has 0 aromatic heterocycles. The van der Waals surface area contributed by atoms with Crippen molar-refractivity contribution >= 4 is 40.2 Å². The number of carbonyl (C=O) groups excluding carboxylic acids is 3. The monoisotopic (exact) mass is 419 g/mol. The van der Waals surface area contributed by atoms with Gasteiger partial charge in [-0.05, 0) is 41.5 Å². The molecule has 4 N–H and O–H groups in total. The number of fused-ring (bicyclic) bond motifs is 1. The van der Waals surface area contributed by atoms with E-state index in [-0.39, 0.29) is 24.3 Å². The second-order valence-corrected chi connectivity index (χ2v) is 6.73. The Morgan fingerprint density at radius 1 is 0.774 bits per heavy atom. The number of rotatable bonds is 8. The Balaban J connectivity index is 1.67. The van der Waals surface area contributed by atoms with E-state index in [2.05, 4.69) is 16.0 Å². The molecule has 0 saturated heterocycles. The number of ketones is 1. The molecule has 0 aliphatic rings. The maximum absolute atomic E-state index is 12.7. The van der Waals surface area contributed by atoms with Crippen molar-refractivity contribution in [3.8, 4) is 0 Å². The Bertz CT molecular complexity index is 1140. The fourth-order valence-electron chi connectivity index (χ4n) is 3.00. The molecule has 3 amide bonds. The number of benzene rings is 3. The van der Waals surface area contributed by atoms with Crippen LogP contribution in [-0.2, 0) is 4.79 Å². The highest BCUT2D eigenvalue weighted by Crippen LogP contribution is 2.19. The van der Waals surface area contributed by atoms with Gasteiger partial charge in [-0.1, -0.05) is 42.5 Å². The van der Waals surface area contributed by atoms with Gasteiger partial charge in [-0.15, -0.1) is 0 Å². The van der Waals surface area contributed by atoms with Crippen LogP contribution in [0.5, 0.6) is 0 Å². The molecule has 0 bridgehead atoms. The van der Waals surface area contributed by atoms with E-state index < -0.39 is 23.7 Å². The molecule has 3 rings (SSSR count). The van der Waals surface area contributed by atoms with Crippen LogP contribution in [0.3, 0.4) is 0 Å². The van der Waals surface area contributed by atoms with E-state index in [1.54, 1.807) is 30.3 Å². The van der Waals surface area contributed by atoms with Crippen molar-refractivity contribution in [2.24, 2.45) is 0 Å². The zero-order chi connectivity index (χ0) is 22.2. The van der Waals surface area contributed by atoms with Crippen LogP contribution >= 0.6 is 0 Å². The third kappa shape index (κ3) is 5.66. The van der Waals surface area contributed by atoms with Crippen LogP contribution in [-0.4, -0.2) is 41.9 Å². The van der Waals surface area contributed by atoms with Gasteiger partial charge in [0, 0.05) is 18.7 Å². The summed E-state index contributed by atoms with van der Waals surface area (Å²) < 4.78 is 0. The lowest BCUT2D eigenvalue weighted by molar-refractivity contribution is -0.117. The van der Waals surface area contributed by atoms with Gasteiger partial charge >= 0.3 is 6.09 Å². The largest absolute Gasteiger partial charge is 0.465 e. The van der Waals surface area contributed by atoms with Crippen LogP contribution in [0, 0.1) is 0 Å². The van der Waals surface area contributed by atoms with Crippen LogP contribution in [0.1, 0.15) is 27.1 Å². The van der Waals surface area contributed by atoms with E-state index in [0.717, 1.165) is 10.8 Å². The van der Waals surface area contributed by atoms with Crippen molar-refractivity contribution < 1.29 is 24.3 Å². The summed E-state index contributed by atoms with van der Waals surface area (Å²) in [6, 6.07) is 19.2. The molecule has 0 radical (unpaired) electrons. The molecule has 0 saturated carbocycles. The zero-order valence-electron chi connectivity index (χ0n) is 16.6. The lowest BCUT2D eigenvalue weighted by Crippen LogP contribution is -2.34. The first kappa shape index (κ1) is 21.5. The summed E-state index contributed by atoms with van der Waals surface area (Å²) in [5.41, 5.74) is 0.725. The van der Waals surface area contributed by atoms with Gasteiger partial charge in [-0.2, -0.15) is 0 Å². The first-order valence-electron chi connectivity index (χ1n) is 9.64. The predicted octanol–water partition coefficient (Wildman–Crippen LogP) is 3.05. The molecule has 0 spiro atoms. The van der Waals surface area contributed by atoms with Gasteiger partial charge in [0.15, 0.2) is 0 Å². The van der Waals surface area contributed by atoms with Gasteiger partial charge < -0.3 is 21.1 Å². The van der Waals surface area contributed by atoms with E-state index in [1.807, 2.05) is 30.3 Å². The van der Waals surface area contributed by atoms with Crippen LogP contribution in [0.2, 0.25) is 0 Å². The summed E-state index contributed by atoms with van der Waals surface area (Å²) in [6.07, 6.45) is -0.815. The number of nitrogens with one attached hydrogen (secondary N) is 3. The van der Waals surface area contributed by atoms with E-state index in [9.17, 15) is 19.2 Å². The third-order valence-corrected chi connectivity index (χ3v) is 4.55. The predicted molar refractivity (Wildman–Crippen MR) is 116 cm³/mol. The molecular weight excluding hydrogens is 398 g/mol. The summed E-state index contributed by atoms with van der Waals surface area (Å²) in [7, 11) is 0. The molecule has 8 heteroatoms. The first-order chi connectivity index (χ1) is 15.0. The number of anilines is 1. The molecule has 158 valence electrons. The number of carboxylic acid groups (broad SMARTS) is 1. The Labute approximate surface area is 178 Å². The third-order valence-electron chi connectivity index (χ3n) is 4.55. The van der Waals surface area contributed by atoms with E-state index >= 15 is 0 Å². The van der Waals surface area contributed by atoms with Gasteiger partial charge in [-0.25, -0.2) is 4.79 Å². The summed E-state index contributed by atoms with van der Waals surface area (Å²) in [4.78, 5) is 47.9.